The van der Waals surface area contributed by atoms with Crippen LogP contribution in [0.5, 0.6) is 0 Å². The van der Waals surface area contributed by atoms with Crippen molar-refractivity contribution >= 4 is 34.9 Å². The van der Waals surface area contributed by atoms with E-state index in [1.165, 1.54) is 12.1 Å². The second-order valence-corrected chi connectivity index (χ2v) is 4.76. The Labute approximate surface area is 109 Å². The van der Waals surface area contributed by atoms with Crippen molar-refractivity contribution in [3.8, 4) is 0 Å². The van der Waals surface area contributed by atoms with Gasteiger partial charge in [-0.2, -0.15) is 11.8 Å². The van der Waals surface area contributed by atoms with Crippen molar-refractivity contribution in [1.29, 1.82) is 0 Å². The lowest BCUT2D eigenvalue weighted by Gasteiger charge is -2.16. The fourth-order valence-corrected chi connectivity index (χ4v) is 2.21. The Morgan fingerprint density at radius 1 is 1.65 bits per heavy atom. The fraction of sp³-hybridized carbons (Fsp3) is 0.500. The van der Waals surface area contributed by atoms with Crippen LogP contribution in [0.2, 0.25) is 5.15 Å². The van der Waals surface area contributed by atoms with E-state index in [0.717, 1.165) is 12.2 Å². The van der Waals surface area contributed by atoms with E-state index in [1.54, 1.807) is 11.8 Å². The summed E-state index contributed by atoms with van der Waals surface area (Å²) in [5.41, 5.74) is -0.0473. The van der Waals surface area contributed by atoms with Gasteiger partial charge in [0.25, 0.3) is 0 Å². The van der Waals surface area contributed by atoms with Crippen molar-refractivity contribution in [2.75, 3.05) is 17.3 Å². The molecular weight excluding hydrogens is 262 g/mol. The molecule has 1 unspecified atom stereocenters. The number of halogens is 1. The highest BCUT2D eigenvalue weighted by atomic mass is 35.5. The van der Waals surface area contributed by atoms with Crippen LogP contribution >= 0.6 is 23.4 Å². The minimum atomic E-state index is -0.461. The first-order valence-electron chi connectivity index (χ1n) is 5.14. The number of hydrogen-bond acceptors (Lipinski definition) is 5. The molecule has 0 aliphatic rings. The first-order chi connectivity index (χ1) is 8.08. The first-order valence-corrected chi connectivity index (χ1v) is 6.92. The summed E-state index contributed by atoms with van der Waals surface area (Å²) in [4.78, 5) is 14.3. The van der Waals surface area contributed by atoms with E-state index in [1.807, 2.05) is 13.2 Å². The van der Waals surface area contributed by atoms with Gasteiger partial charge in [-0.05, 0) is 18.7 Å². The highest BCUT2D eigenvalue weighted by Gasteiger charge is 2.18. The third-order valence-corrected chi connectivity index (χ3v) is 3.18. The number of anilines is 1. The van der Waals surface area contributed by atoms with Crippen molar-refractivity contribution in [3.63, 3.8) is 0 Å². The molecule has 0 saturated heterocycles. The van der Waals surface area contributed by atoms with Crippen LogP contribution in [0.15, 0.2) is 12.1 Å². The minimum Gasteiger partial charge on any atom is -0.361 e. The van der Waals surface area contributed by atoms with E-state index in [-0.39, 0.29) is 22.7 Å². The van der Waals surface area contributed by atoms with E-state index < -0.39 is 4.92 Å². The minimum absolute atomic E-state index is 0.0473. The van der Waals surface area contributed by atoms with Gasteiger partial charge in [0.1, 0.15) is 5.15 Å². The molecule has 1 aromatic heterocycles. The summed E-state index contributed by atoms with van der Waals surface area (Å²) in [5.74, 6) is 1.10. The Morgan fingerprint density at radius 3 is 2.88 bits per heavy atom. The molecule has 1 atom stereocenters. The summed E-state index contributed by atoms with van der Waals surface area (Å²) in [6.07, 6.45) is 2.86. The molecule has 0 saturated carbocycles. The molecule has 17 heavy (non-hydrogen) atoms. The first kappa shape index (κ1) is 14.1. The topological polar surface area (TPSA) is 68.1 Å². The maximum absolute atomic E-state index is 10.8. The molecule has 5 nitrogen and oxygen atoms in total. The maximum Gasteiger partial charge on any atom is 0.311 e. The van der Waals surface area contributed by atoms with Gasteiger partial charge in [-0.15, -0.1) is 0 Å². The maximum atomic E-state index is 10.8. The van der Waals surface area contributed by atoms with Crippen LogP contribution < -0.4 is 5.32 Å². The normalized spacial score (nSPS) is 12.2. The Bertz CT molecular complexity index is 403. The smallest absolute Gasteiger partial charge is 0.311 e. The third-order valence-electron chi connectivity index (χ3n) is 2.24. The van der Waals surface area contributed by atoms with E-state index in [9.17, 15) is 10.1 Å². The van der Waals surface area contributed by atoms with Gasteiger partial charge in [0.15, 0.2) is 0 Å². The zero-order chi connectivity index (χ0) is 12.8. The van der Waals surface area contributed by atoms with Crippen molar-refractivity contribution in [3.05, 3.63) is 27.4 Å². The summed E-state index contributed by atoms with van der Waals surface area (Å²) in [7, 11) is 0. The quantitative estimate of drug-likeness (QED) is 0.490. The molecule has 0 aromatic carbocycles. The van der Waals surface area contributed by atoms with E-state index in [0.29, 0.717) is 0 Å². The Kier molecular flexibility index (Phi) is 5.50. The van der Waals surface area contributed by atoms with Gasteiger partial charge >= 0.3 is 5.69 Å². The largest absolute Gasteiger partial charge is 0.361 e. The van der Waals surface area contributed by atoms with Crippen LogP contribution in [-0.2, 0) is 0 Å². The number of hydrogen-bond donors (Lipinski definition) is 1. The van der Waals surface area contributed by atoms with E-state index >= 15 is 0 Å². The van der Waals surface area contributed by atoms with Crippen molar-refractivity contribution in [2.45, 2.75) is 19.4 Å². The third kappa shape index (κ3) is 4.05. The van der Waals surface area contributed by atoms with Crippen LogP contribution in [-0.4, -0.2) is 28.0 Å². The van der Waals surface area contributed by atoms with Gasteiger partial charge in [-0.3, -0.25) is 10.1 Å². The van der Waals surface area contributed by atoms with Crippen LogP contribution in [0.4, 0.5) is 11.5 Å². The number of thioether (sulfide) groups is 1. The second kappa shape index (κ2) is 6.66. The molecule has 0 bridgehead atoms. The van der Waals surface area contributed by atoms with Gasteiger partial charge < -0.3 is 5.32 Å². The molecule has 1 aromatic rings. The molecule has 1 N–H and O–H groups in total. The molecule has 1 rings (SSSR count). The molecule has 0 radical (unpaired) electrons. The van der Waals surface area contributed by atoms with Gasteiger partial charge in [0.2, 0.25) is 5.82 Å². The Morgan fingerprint density at radius 2 is 2.35 bits per heavy atom. The van der Waals surface area contributed by atoms with Crippen molar-refractivity contribution in [2.24, 2.45) is 0 Å². The summed E-state index contributed by atoms with van der Waals surface area (Å²) < 4.78 is 0. The molecule has 1 heterocycles. The highest BCUT2D eigenvalue weighted by Crippen LogP contribution is 2.25. The lowest BCUT2D eigenvalue weighted by Crippen LogP contribution is -2.22. The summed E-state index contributed by atoms with van der Waals surface area (Å²) >= 11 is 7.43. The van der Waals surface area contributed by atoms with Crippen LogP contribution in [0, 0.1) is 10.1 Å². The van der Waals surface area contributed by atoms with Crippen LogP contribution in [0.25, 0.3) is 0 Å². The van der Waals surface area contributed by atoms with Crippen LogP contribution in [0.3, 0.4) is 0 Å². The molecule has 94 valence electrons. The fourth-order valence-electron chi connectivity index (χ4n) is 1.34. The molecule has 0 spiro atoms. The number of nitrogens with one attached hydrogen (secondary N) is 1. The zero-order valence-electron chi connectivity index (χ0n) is 9.64. The monoisotopic (exact) mass is 275 g/mol. The SMILES string of the molecule is CCC(CSC)Nc1nc(Cl)ccc1[N+](=O)[O-]. The number of nitro groups is 1. The number of aromatic nitrogens is 1. The Balaban J connectivity index is 2.94. The number of rotatable bonds is 6. The summed E-state index contributed by atoms with van der Waals surface area (Å²) in [6.45, 7) is 2.02. The van der Waals surface area contributed by atoms with Gasteiger partial charge in [-0.25, -0.2) is 4.98 Å². The van der Waals surface area contributed by atoms with E-state index in [4.69, 9.17) is 11.6 Å². The average molecular weight is 276 g/mol. The summed E-state index contributed by atoms with van der Waals surface area (Å²) in [5, 5.41) is 14.1. The van der Waals surface area contributed by atoms with Gasteiger partial charge in [0.05, 0.1) is 4.92 Å². The lowest BCUT2D eigenvalue weighted by atomic mass is 10.2. The highest BCUT2D eigenvalue weighted by molar-refractivity contribution is 7.98. The van der Waals surface area contributed by atoms with Crippen molar-refractivity contribution in [1.82, 2.24) is 4.98 Å². The molecule has 7 heteroatoms. The van der Waals surface area contributed by atoms with Gasteiger partial charge in [0, 0.05) is 17.9 Å². The second-order valence-electron chi connectivity index (χ2n) is 3.46. The van der Waals surface area contributed by atoms with E-state index in [2.05, 4.69) is 10.3 Å². The molecule has 0 fully saturated rings. The Hall–Kier alpha value is -1.01. The summed E-state index contributed by atoms with van der Waals surface area (Å²) in [6, 6.07) is 2.93. The van der Waals surface area contributed by atoms with Crippen LogP contribution in [0.1, 0.15) is 13.3 Å². The van der Waals surface area contributed by atoms with Gasteiger partial charge in [-0.1, -0.05) is 18.5 Å². The molecule has 0 amide bonds. The molecule has 0 aliphatic heterocycles. The molecular formula is C10H14ClN3O2S. The van der Waals surface area contributed by atoms with Crippen molar-refractivity contribution < 1.29 is 4.92 Å². The predicted molar refractivity (Wildman–Crippen MR) is 72.0 cm³/mol. The zero-order valence-corrected chi connectivity index (χ0v) is 11.2. The number of nitrogens with zero attached hydrogens (tertiary/aromatic N) is 2. The number of pyridine rings is 1. The average Bonchev–Trinajstić information content (AvgIpc) is 2.28. The lowest BCUT2D eigenvalue weighted by molar-refractivity contribution is -0.384. The standard InChI is InChI=1S/C10H14ClN3O2S/c1-3-7(6-17-2)12-10-8(14(15)16)4-5-9(11)13-10/h4-5,7H,3,6H2,1-2H3,(H,12,13). The molecule has 0 aliphatic carbocycles. The predicted octanol–water partition coefficient (Wildman–Crippen LogP) is 3.20.